The number of aliphatic carboxylic acids is 1. The van der Waals surface area contributed by atoms with Gasteiger partial charge >= 0.3 is 5.97 Å². The second-order valence-electron chi connectivity index (χ2n) is 4.52. The Labute approximate surface area is 112 Å². The van der Waals surface area contributed by atoms with Crippen molar-refractivity contribution in [3.8, 4) is 0 Å². The summed E-state index contributed by atoms with van der Waals surface area (Å²) < 4.78 is 0. The van der Waals surface area contributed by atoms with Crippen LogP contribution in [0.4, 0.5) is 0 Å². The Kier molecular flexibility index (Phi) is 3.26. The summed E-state index contributed by atoms with van der Waals surface area (Å²) in [7, 11) is 1.79. The van der Waals surface area contributed by atoms with Crippen LogP contribution in [0.1, 0.15) is 22.8 Å². The molecule has 1 aromatic carbocycles. The van der Waals surface area contributed by atoms with Gasteiger partial charge in [0.1, 0.15) is 7.85 Å². The standard InChI is InChI=1S/C15H13BO3/c1-8(15(18)19)7-12-13(16)9(2)10-5-3-4-6-11(10)14(12)17/h3-7H,2,16H2,1H3,(H,18,19)/b8-7+. The average molecular weight is 252 g/mol. The molecule has 1 N–H and O–H groups in total. The molecule has 94 valence electrons. The van der Waals surface area contributed by atoms with Gasteiger partial charge in [0.25, 0.3) is 0 Å². The number of carbonyl (C=O) groups is 2. The van der Waals surface area contributed by atoms with E-state index in [2.05, 4.69) is 6.58 Å². The molecule has 0 saturated heterocycles. The van der Waals surface area contributed by atoms with Gasteiger partial charge in [-0.25, -0.2) is 4.79 Å². The van der Waals surface area contributed by atoms with Crippen LogP contribution in [-0.2, 0) is 4.79 Å². The van der Waals surface area contributed by atoms with Crippen molar-refractivity contribution in [2.24, 2.45) is 0 Å². The largest absolute Gasteiger partial charge is 0.478 e. The molecule has 2 rings (SSSR count). The average Bonchev–Trinajstić information content (AvgIpc) is 2.40. The number of ketones is 1. The summed E-state index contributed by atoms with van der Waals surface area (Å²) in [5, 5.41) is 8.92. The third-order valence-electron chi connectivity index (χ3n) is 3.30. The Hall–Kier alpha value is -2.36. The van der Waals surface area contributed by atoms with Crippen molar-refractivity contribution in [3.05, 3.63) is 64.7 Å². The summed E-state index contributed by atoms with van der Waals surface area (Å²) in [5.41, 5.74) is 3.42. The van der Waals surface area contributed by atoms with Crippen LogP contribution < -0.4 is 0 Å². The molecular weight excluding hydrogens is 239 g/mol. The molecule has 1 aliphatic carbocycles. The zero-order valence-corrected chi connectivity index (χ0v) is 10.9. The number of carboxylic acids is 1. The van der Waals surface area contributed by atoms with E-state index in [4.69, 9.17) is 5.11 Å². The first-order chi connectivity index (χ1) is 8.93. The van der Waals surface area contributed by atoms with Crippen LogP contribution in [0.3, 0.4) is 0 Å². The van der Waals surface area contributed by atoms with Crippen LogP contribution in [0, 0.1) is 0 Å². The second kappa shape index (κ2) is 4.73. The maximum absolute atomic E-state index is 12.4. The molecule has 1 aliphatic rings. The fraction of sp³-hybridized carbons (Fsp3) is 0.0667. The third-order valence-corrected chi connectivity index (χ3v) is 3.30. The fourth-order valence-electron chi connectivity index (χ4n) is 2.08. The predicted molar refractivity (Wildman–Crippen MR) is 76.8 cm³/mol. The molecule has 0 bridgehead atoms. The lowest BCUT2D eigenvalue weighted by atomic mass is 9.73. The fourth-order valence-corrected chi connectivity index (χ4v) is 2.08. The summed E-state index contributed by atoms with van der Waals surface area (Å²) in [5.74, 6) is -1.18. The SMILES string of the molecule is BC1=C(/C=C(\C)C(=O)O)C(=O)c2ccccc2C1=C. The number of Topliss-reactive ketones (excluding diaryl/α,β-unsaturated/α-hetero) is 1. The predicted octanol–water partition coefficient (Wildman–Crippen LogP) is 1.81. The number of fused-ring (bicyclic) bond motifs is 1. The lowest BCUT2D eigenvalue weighted by Gasteiger charge is -2.20. The minimum Gasteiger partial charge on any atom is -0.478 e. The van der Waals surface area contributed by atoms with Crippen LogP contribution in [-0.4, -0.2) is 24.7 Å². The van der Waals surface area contributed by atoms with Crippen LogP contribution in [0.15, 0.2) is 53.5 Å². The molecule has 0 fully saturated rings. The number of carbonyl (C=O) groups excluding carboxylic acids is 1. The summed E-state index contributed by atoms with van der Waals surface area (Å²) in [4.78, 5) is 23.3. The van der Waals surface area contributed by atoms with E-state index in [-0.39, 0.29) is 11.4 Å². The van der Waals surface area contributed by atoms with Crippen LogP contribution in [0.5, 0.6) is 0 Å². The van der Waals surface area contributed by atoms with Crippen molar-refractivity contribution in [1.29, 1.82) is 0 Å². The minimum atomic E-state index is -1.03. The number of benzene rings is 1. The molecule has 3 nitrogen and oxygen atoms in total. The van der Waals surface area contributed by atoms with Gasteiger partial charge in [0, 0.05) is 16.7 Å². The van der Waals surface area contributed by atoms with Crippen molar-refractivity contribution in [2.75, 3.05) is 0 Å². The van der Waals surface area contributed by atoms with Gasteiger partial charge in [-0.05, 0) is 24.1 Å². The van der Waals surface area contributed by atoms with Gasteiger partial charge in [0.2, 0.25) is 0 Å². The molecule has 1 aromatic rings. The van der Waals surface area contributed by atoms with Gasteiger partial charge in [0.05, 0.1) is 0 Å². The zero-order valence-electron chi connectivity index (χ0n) is 10.9. The summed E-state index contributed by atoms with van der Waals surface area (Å²) >= 11 is 0. The third kappa shape index (κ3) is 2.17. The highest BCUT2D eigenvalue weighted by molar-refractivity contribution is 6.37. The molecule has 0 saturated carbocycles. The van der Waals surface area contributed by atoms with Gasteiger partial charge in [-0.1, -0.05) is 36.3 Å². The van der Waals surface area contributed by atoms with Gasteiger partial charge in [-0.3, -0.25) is 4.79 Å². The smallest absolute Gasteiger partial charge is 0.331 e. The first-order valence-electron chi connectivity index (χ1n) is 5.89. The van der Waals surface area contributed by atoms with E-state index in [0.717, 1.165) is 16.6 Å². The van der Waals surface area contributed by atoms with E-state index in [1.807, 2.05) is 12.1 Å². The lowest BCUT2D eigenvalue weighted by molar-refractivity contribution is -0.132. The van der Waals surface area contributed by atoms with Crippen LogP contribution in [0.2, 0.25) is 0 Å². The molecule has 0 amide bonds. The van der Waals surface area contributed by atoms with Crippen molar-refractivity contribution < 1.29 is 14.7 Å². The maximum atomic E-state index is 12.4. The number of carboxylic acid groups (broad SMARTS) is 1. The van der Waals surface area contributed by atoms with Crippen LogP contribution in [0.25, 0.3) is 5.57 Å². The Morgan fingerprint density at radius 3 is 2.47 bits per heavy atom. The Balaban J connectivity index is 2.61. The quantitative estimate of drug-likeness (QED) is 0.645. The molecule has 0 heterocycles. The molecule has 0 spiro atoms. The summed E-state index contributed by atoms with van der Waals surface area (Å²) in [6, 6.07) is 7.23. The van der Waals surface area contributed by atoms with Gasteiger partial charge in [-0.15, -0.1) is 0 Å². The van der Waals surface area contributed by atoms with Crippen LogP contribution >= 0.6 is 0 Å². The first-order valence-corrected chi connectivity index (χ1v) is 5.89. The topological polar surface area (TPSA) is 54.4 Å². The van der Waals surface area contributed by atoms with E-state index in [1.54, 1.807) is 20.0 Å². The molecule has 0 aliphatic heterocycles. The maximum Gasteiger partial charge on any atom is 0.331 e. The van der Waals surface area contributed by atoms with Crippen molar-refractivity contribution >= 4 is 25.2 Å². The number of hydrogen-bond acceptors (Lipinski definition) is 2. The van der Waals surface area contributed by atoms with Gasteiger partial charge < -0.3 is 5.11 Å². The van der Waals surface area contributed by atoms with E-state index >= 15 is 0 Å². The van der Waals surface area contributed by atoms with E-state index in [9.17, 15) is 9.59 Å². The first kappa shape index (κ1) is 13.1. The molecule has 19 heavy (non-hydrogen) atoms. The summed E-state index contributed by atoms with van der Waals surface area (Å²) in [6.45, 7) is 5.46. The van der Waals surface area contributed by atoms with E-state index < -0.39 is 5.97 Å². The zero-order chi connectivity index (χ0) is 14.2. The van der Waals surface area contributed by atoms with Crippen molar-refractivity contribution in [3.63, 3.8) is 0 Å². The molecular formula is C15H13BO3. The number of allylic oxidation sites excluding steroid dienone is 4. The molecule has 0 unspecified atom stereocenters. The number of hydrogen-bond donors (Lipinski definition) is 1. The van der Waals surface area contributed by atoms with E-state index in [1.165, 1.54) is 13.0 Å². The Morgan fingerprint density at radius 1 is 1.32 bits per heavy atom. The Bertz CT molecular complexity index is 666. The normalized spacial score (nSPS) is 15.5. The highest BCUT2D eigenvalue weighted by Crippen LogP contribution is 2.33. The molecule has 4 heteroatoms. The van der Waals surface area contributed by atoms with Crippen molar-refractivity contribution in [2.45, 2.75) is 6.92 Å². The Morgan fingerprint density at radius 2 is 1.89 bits per heavy atom. The lowest BCUT2D eigenvalue weighted by Crippen LogP contribution is -2.15. The highest BCUT2D eigenvalue weighted by atomic mass is 16.4. The van der Waals surface area contributed by atoms with Gasteiger partial charge in [0.15, 0.2) is 5.78 Å². The summed E-state index contributed by atoms with van der Waals surface area (Å²) in [6.07, 6.45) is 1.42. The minimum absolute atomic E-state index is 0.134. The van der Waals surface area contributed by atoms with Gasteiger partial charge in [-0.2, -0.15) is 0 Å². The second-order valence-corrected chi connectivity index (χ2v) is 4.52. The monoisotopic (exact) mass is 252 g/mol. The molecule has 0 aromatic heterocycles. The van der Waals surface area contributed by atoms with E-state index in [0.29, 0.717) is 11.1 Å². The number of rotatable bonds is 2. The highest BCUT2D eigenvalue weighted by Gasteiger charge is 2.24. The van der Waals surface area contributed by atoms with Crippen molar-refractivity contribution in [1.82, 2.24) is 0 Å². The molecule has 0 atom stereocenters. The molecule has 0 radical (unpaired) electrons.